The Morgan fingerprint density at radius 3 is 2.30 bits per heavy atom. The van der Waals surface area contributed by atoms with E-state index in [-0.39, 0.29) is 11.9 Å². The minimum absolute atomic E-state index is 0.133. The Balaban J connectivity index is 1.47. The molecular weight excluding hydrogens is 367 g/mol. The maximum absolute atomic E-state index is 13.3. The minimum atomic E-state index is -0.215. The maximum atomic E-state index is 13.3. The number of ether oxygens (including phenoxy) is 2. The van der Waals surface area contributed by atoms with Crippen molar-refractivity contribution < 1.29 is 13.9 Å². The molecule has 6 nitrogen and oxygen atoms in total. The molecule has 150 valence electrons. The van der Waals surface area contributed by atoms with Crippen molar-refractivity contribution in [3.8, 4) is 0 Å². The molecule has 8 heteroatoms. The van der Waals surface area contributed by atoms with Crippen molar-refractivity contribution in [1.82, 2.24) is 20.4 Å². The smallest absolute Gasteiger partial charge is 0.166 e. The summed E-state index contributed by atoms with van der Waals surface area (Å²) in [6.45, 7) is 9.18. The molecule has 2 N–H and O–H groups in total. The second-order valence-electron chi connectivity index (χ2n) is 6.81. The largest absolute Gasteiger partial charge is 0.379 e. The summed E-state index contributed by atoms with van der Waals surface area (Å²) in [7, 11) is 0. The van der Waals surface area contributed by atoms with E-state index in [1.165, 1.54) is 12.1 Å². The fraction of sp³-hybridized carbons (Fsp3) is 0.632. The third-order valence-corrected chi connectivity index (χ3v) is 5.30. The molecule has 0 aromatic heterocycles. The molecule has 0 spiro atoms. The summed E-state index contributed by atoms with van der Waals surface area (Å²) >= 11 is 5.44. The Bertz CT molecular complexity index is 578. The first-order valence-corrected chi connectivity index (χ1v) is 10.0. The monoisotopic (exact) mass is 396 g/mol. The molecule has 2 aliphatic rings. The SMILES string of the molecule is Fc1ccc(C(CNC(=S)NCCN2CCOCC2)N2CCOCC2)cc1. The van der Waals surface area contributed by atoms with Gasteiger partial charge in [-0.05, 0) is 29.9 Å². The lowest BCUT2D eigenvalue weighted by Crippen LogP contribution is -2.47. The summed E-state index contributed by atoms with van der Waals surface area (Å²) in [6.07, 6.45) is 0. The molecule has 2 heterocycles. The average molecular weight is 397 g/mol. The van der Waals surface area contributed by atoms with Crippen LogP contribution in [0, 0.1) is 5.82 Å². The van der Waals surface area contributed by atoms with Crippen LogP contribution in [0.15, 0.2) is 24.3 Å². The van der Waals surface area contributed by atoms with Crippen LogP contribution in [0.25, 0.3) is 0 Å². The second kappa shape index (κ2) is 10.9. The van der Waals surface area contributed by atoms with E-state index in [1.54, 1.807) is 0 Å². The van der Waals surface area contributed by atoms with Crippen molar-refractivity contribution in [3.63, 3.8) is 0 Å². The lowest BCUT2D eigenvalue weighted by Gasteiger charge is -2.35. The number of hydrogen-bond acceptors (Lipinski definition) is 5. The quantitative estimate of drug-likeness (QED) is 0.667. The Hall–Kier alpha value is -1.32. The Labute approximate surface area is 166 Å². The second-order valence-corrected chi connectivity index (χ2v) is 7.21. The third kappa shape index (κ3) is 6.65. The van der Waals surface area contributed by atoms with E-state index in [1.807, 2.05) is 12.1 Å². The van der Waals surface area contributed by atoms with Gasteiger partial charge < -0.3 is 20.1 Å². The van der Waals surface area contributed by atoms with Gasteiger partial charge in [-0.25, -0.2) is 4.39 Å². The van der Waals surface area contributed by atoms with Gasteiger partial charge in [0.25, 0.3) is 0 Å². The van der Waals surface area contributed by atoms with Crippen LogP contribution in [0.5, 0.6) is 0 Å². The Morgan fingerprint density at radius 1 is 1.00 bits per heavy atom. The van der Waals surface area contributed by atoms with Gasteiger partial charge in [-0.2, -0.15) is 0 Å². The zero-order chi connectivity index (χ0) is 18.9. The zero-order valence-corrected chi connectivity index (χ0v) is 16.5. The van der Waals surface area contributed by atoms with Gasteiger partial charge in [0.2, 0.25) is 0 Å². The van der Waals surface area contributed by atoms with Crippen LogP contribution in [0.3, 0.4) is 0 Å². The van der Waals surface area contributed by atoms with E-state index >= 15 is 0 Å². The van der Waals surface area contributed by atoms with Crippen LogP contribution in [-0.2, 0) is 9.47 Å². The number of morpholine rings is 2. The average Bonchev–Trinajstić information content (AvgIpc) is 2.71. The zero-order valence-electron chi connectivity index (χ0n) is 15.7. The van der Waals surface area contributed by atoms with Crippen molar-refractivity contribution in [3.05, 3.63) is 35.6 Å². The lowest BCUT2D eigenvalue weighted by molar-refractivity contribution is 0.0170. The molecule has 27 heavy (non-hydrogen) atoms. The molecule has 3 rings (SSSR count). The fourth-order valence-electron chi connectivity index (χ4n) is 3.44. The van der Waals surface area contributed by atoms with Crippen LogP contribution in [0.1, 0.15) is 11.6 Å². The number of nitrogens with zero attached hydrogens (tertiary/aromatic N) is 2. The van der Waals surface area contributed by atoms with E-state index in [0.717, 1.165) is 71.3 Å². The molecule has 2 saturated heterocycles. The molecule has 1 aromatic carbocycles. The van der Waals surface area contributed by atoms with Crippen molar-refractivity contribution in [2.24, 2.45) is 0 Å². The maximum Gasteiger partial charge on any atom is 0.166 e. The summed E-state index contributed by atoms with van der Waals surface area (Å²) in [5.41, 5.74) is 1.09. The number of benzene rings is 1. The highest BCUT2D eigenvalue weighted by Crippen LogP contribution is 2.21. The molecule has 2 fully saturated rings. The van der Waals surface area contributed by atoms with Gasteiger partial charge in [0.15, 0.2) is 5.11 Å². The summed E-state index contributed by atoms with van der Waals surface area (Å²) < 4.78 is 24.1. The molecule has 0 bridgehead atoms. The van der Waals surface area contributed by atoms with Crippen LogP contribution >= 0.6 is 12.2 Å². The normalized spacial score (nSPS) is 20.2. The molecule has 0 amide bonds. The predicted octanol–water partition coefficient (Wildman–Crippen LogP) is 0.995. The van der Waals surface area contributed by atoms with E-state index in [2.05, 4.69) is 20.4 Å². The van der Waals surface area contributed by atoms with Gasteiger partial charge in [0, 0.05) is 45.8 Å². The molecular formula is C19H29FN4O2S. The highest BCUT2D eigenvalue weighted by molar-refractivity contribution is 7.80. The van der Waals surface area contributed by atoms with E-state index in [0.29, 0.717) is 11.7 Å². The first kappa shape index (κ1) is 20.4. The number of hydrogen-bond donors (Lipinski definition) is 2. The van der Waals surface area contributed by atoms with Gasteiger partial charge in [0.1, 0.15) is 5.82 Å². The summed E-state index contributed by atoms with van der Waals surface area (Å²) in [5.74, 6) is -0.215. The van der Waals surface area contributed by atoms with Crippen molar-refractivity contribution in [2.45, 2.75) is 6.04 Å². The van der Waals surface area contributed by atoms with Crippen molar-refractivity contribution >= 4 is 17.3 Å². The standard InChI is InChI=1S/C19H29FN4O2S/c20-17-3-1-16(2-4-17)18(24-9-13-26-14-10-24)15-22-19(27)21-5-6-23-7-11-25-12-8-23/h1-4,18H,5-15H2,(H2,21,22,27). The predicted molar refractivity (Wildman–Crippen MR) is 107 cm³/mol. The van der Waals surface area contributed by atoms with E-state index in [9.17, 15) is 4.39 Å². The molecule has 1 unspecified atom stereocenters. The number of thiocarbonyl (C=S) groups is 1. The Morgan fingerprint density at radius 2 is 1.63 bits per heavy atom. The minimum Gasteiger partial charge on any atom is -0.379 e. The summed E-state index contributed by atoms with van der Waals surface area (Å²) in [6, 6.07) is 6.87. The molecule has 0 saturated carbocycles. The lowest BCUT2D eigenvalue weighted by atomic mass is 10.0. The molecule has 1 aromatic rings. The molecule has 1 atom stereocenters. The van der Waals surface area contributed by atoms with Crippen LogP contribution in [0.2, 0.25) is 0 Å². The number of halogens is 1. The Kier molecular flexibility index (Phi) is 8.22. The summed E-state index contributed by atoms with van der Waals surface area (Å²) in [5, 5.41) is 7.27. The topological polar surface area (TPSA) is 49.0 Å². The first-order valence-electron chi connectivity index (χ1n) is 9.61. The van der Waals surface area contributed by atoms with Crippen molar-refractivity contribution in [1.29, 1.82) is 0 Å². The van der Waals surface area contributed by atoms with Gasteiger partial charge in [-0.3, -0.25) is 9.80 Å². The summed E-state index contributed by atoms with van der Waals surface area (Å²) in [4.78, 5) is 4.73. The van der Waals surface area contributed by atoms with E-state index < -0.39 is 0 Å². The van der Waals surface area contributed by atoms with Crippen LogP contribution in [-0.4, -0.2) is 87.2 Å². The van der Waals surface area contributed by atoms with Gasteiger partial charge >= 0.3 is 0 Å². The highest BCUT2D eigenvalue weighted by Gasteiger charge is 2.23. The van der Waals surface area contributed by atoms with Crippen LogP contribution in [0.4, 0.5) is 4.39 Å². The number of rotatable bonds is 7. The van der Waals surface area contributed by atoms with Crippen molar-refractivity contribution in [2.75, 3.05) is 72.2 Å². The highest BCUT2D eigenvalue weighted by atomic mass is 32.1. The molecule has 0 radical (unpaired) electrons. The third-order valence-electron chi connectivity index (χ3n) is 5.01. The molecule has 2 aliphatic heterocycles. The molecule has 0 aliphatic carbocycles. The fourth-order valence-corrected chi connectivity index (χ4v) is 3.62. The van der Waals surface area contributed by atoms with Gasteiger partial charge in [-0.1, -0.05) is 12.1 Å². The van der Waals surface area contributed by atoms with Gasteiger partial charge in [-0.15, -0.1) is 0 Å². The first-order chi connectivity index (χ1) is 13.2. The van der Waals surface area contributed by atoms with Crippen LogP contribution < -0.4 is 10.6 Å². The van der Waals surface area contributed by atoms with E-state index in [4.69, 9.17) is 21.7 Å². The number of nitrogens with one attached hydrogen (secondary N) is 2. The van der Waals surface area contributed by atoms with Gasteiger partial charge in [0.05, 0.1) is 32.5 Å².